The highest BCUT2D eigenvalue weighted by atomic mass is 16.2. The number of H-pyrrole nitrogens is 1. The fourth-order valence-electron chi connectivity index (χ4n) is 3.67. The molecule has 0 unspecified atom stereocenters. The van der Waals surface area contributed by atoms with Crippen LogP contribution in [0.1, 0.15) is 32.6 Å². The van der Waals surface area contributed by atoms with Crippen LogP contribution in [-0.4, -0.2) is 70.7 Å². The van der Waals surface area contributed by atoms with E-state index in [1.165, 1.54) is 12.8 Å². The average molecular weight is 348 g/mol. The molecule has 2 atom stereocenters. The van der Waals surface area contributed by atoms with Gasteiger partial charge in [0.25, 0.3) is 0 Å². The van der Waals surface area contributed by atoms with E-state index < -0.39 is 0 Å². The Labute approximate surface area is 148 Å². The van der Waals surface area contributed by atoms with Crippen LogP contribution in [-0.2, 0) is 4.79 Å². The molecule has 0 spiro atoms. The normalized spacial score (nSPS) is 24.8. The Bertz CT molecular complexity index is 568. The van der Waals surface area contributed by atoms with Crippen LogP contribution in [0.5, 0.6) is 0 Å². The third-order valence-electron chi connectivity index (χ3n) is 5.08. The molecule has 0 radical (unpaired) electrons. The fraction of sp³-hybridized carbons (Fsp3) is 0.706. The van der Waals surface area contributed by atoms with Gasteiger partial charge in [-0.15, -0.1) is 0 Å². The first-order valence-corrected chi connectivity index (χ1v) is 9.16. The molecule has 2 aliphatic rings. The van der Waals surface area contributed by atoms with Gasteiger partial charge >= 0.3 is 6.03 Å². The predicted octanol–water partition coefficient (Wildman–Crippen LogP) is 1.25. The molecule has 1 aromatic heterocycles. The van der Waals surface area contributed by atoms with Gasteiger partial charge in [0, 0.05) is 38.4 Å². The standard InChI is InChI=1S/C17H28N6O2/c1-13-3-2-4-14(9-13)20-16(24)12-22-5-7-23(8-6-22)17(25)21-15-10-18-19-11-15/h10-11,13-14H,2-9,12H2,1H3,(H,18,19)(H,20,24)(H,21,25)/t13-,14+/m0/s1. The zero-order chi connectivity index (χ0) is 17.6. The summed E-state index contributed by atoms with van der Waals surface area (Å²) in [7, 11) is 0. The van der Waals surface area contributed by atoms with E-state index in [4.69, 9.17) is 0 Å². The van der Waals surface area contributed by atoms with Gasteiger partial charge < -0.3 is 15.5 Å². The number of nitrogens with one attached hydrogen (secondary N) is 3. The van der Waals surface area contributed by atoms with Crippen molar-refractivity contribution in [1.29, 1.82) is 0 Å². The van der Waals surface area contributed by atoms with Crippen molar-refractivity contribution in [2.24, 2.45) is 5.92 Å². The summed E-state index contributed by atoms with van der Waals surface area (Å²) in [6.45, 7) is 5.35. The number of hydrogen-bond donors (Lipinski definition) is 3. The van der Waals surface area contributed by atoms with Gasteiger partial charge in [0.05, 0.1) is 18.4 Å². The number of aromatic amines is 1. The Hall–Kier alpha value is -2.09. The minimum Gasteiger partial charge on any atom is -0.352 e. The number of piperazine rings is 1. The number of carbonyl (C=O) groups is 2. The molecular weight excluding hydrogens is 320 g/mol. The Balaban J connectivity index is 1.37. The second kappa shape index (κ2) is 8.33. The van der Waals surface area contributed by atoms with Crippen LogP contribution in [0.3, 0.4) is 0 Å². The molecule has 8 nitrogen and oxygen atoms in total. The van der Waals surface area contributed by atoms with Crippen LogP contribution < -0.4 is 10.6 Å². The summed E-state index contributed by atoms with van der Waals surface area (Å²) < 4.78 is 0. The smallest absolute Gasteiger partial charge is 0.322 e. The van der Waals surface area contributed by atoms with Gasteiger partial charge in [0.15, 0.2) is 0 Å². The lowest BCUT2D eigenvalue weighted by Gasteiger charge is -2.34. The molecule has 1 saturated carbocycles. The molecular formula is C17H28N6O2. The van der Waals surface area contributed by atoms with Crippen molar-refractivity contribution in [3.63, 3.8) is 0 Å². The fourth-order valence-corrected chi connectivity index (χ4v) is 3.67. The molecule has 1 aliphatic heterocycles. The second-order valence-corrected chi connectivity index (χ2v) is 7.22. The van der Waals surface area contributed by atoms with Gasteiger partial charge in [0.1, 0.15) is 0 Å². The first kappa shape index (κ1) is 17.7. The largest absolute Gasteiger partial charge is 0.352 e. The summed E-state index contributed by atoms with van der Waals surface area (Å²) in [5, 5.41) is 12.5. The summed E-state index contributed by atoms with van der Waals surface area (Å²) in [5.74, 6) is 0.812. The minimum absolute atomic E-state index is 0.107. The number of urea groups is 1. The van der Waals surface area contributed by atoms with E-state index in [1.807, 2.05) is 0 Å². The van der Waals surface area contributed by atoms with Crippen LogP contribution >= 0.6 is 0 Å². The molecule has 2 heterocycles. The summed E-state index contributed by atoms with van der Waals surface area (Å²) in [6.07, 6.45) is 7.88. The molecule has 1 saturated heterocycles. The lowest BCUT2D eigenvalue weighted by molar-refractivity contribution is -0.123. The Kier molecular flexibility index (Phi) is 5.91. The van der Waals surface area contributed by atoms with Gasteiger partial charge in [-0.2, -0.15) is 5.10 Å². The molecule has 0 bridgehead atoms. The quantitative estimate of drug-likeness (QED) is 0.763. The lowest BCUT2D eigenvalue weighted by Crippen LogP contribution is -2.52. The van der Waals surface area contributed by atoms with E-state index in [0.717, 1.165) is 12.8 Å². The number of nitrogens with zero attached hydrogens (tertiary/aromatic N) is 3. The molecule has 138 valence electrons. The van der Waals surface area contributed by atoms with E-state index in [0.29, 0.717) is 50.4 Å². The molecule has 3 amide bonds. The van der Waals surface area contributed by atoms with Crippen LogP contribution in [0.15, 0.2) is 12.4 Å². The Morgan fingerprint density at radius 2 is 2.08 bits per heavy atom. The molecule has 1 aromatic rings. The number of hydrogen-bond acceptors (Lipinski definition) is 4. The SMILES string of the molecule is C[C@H]1CCC[C@@H](NC(=O)CN2CCN(C(=O)Nc3cn[nH]c3)CC2)C1. The van der Waals surface area contributed by atoms with Crippen LogP contribution in [0.2, 0.25) is 0 Å². The van der Waals surface area contributed by atoms with E-state index in [-0.39, 0.29) is 11.9 Å². The van der Waals surface area contributed by atoms with Crippen molar-refractivity contribution < 1.29 is 9.59 Å². The number of anilines is 1. The van der Waals surface area contributed by atoms with Gasteiger partial charge in [-0.3, -0.25) is 14.8 Å². The third-order valence-corrected chi connectivity index (χ3v) is 5.08. The number of rotatable bonds is 4. The Morgan fingerprint density at radius 3 is 2.76 bits per heavy atom. The minimum atomic E-state index is -0.123. The van der Waals surface area contributed by atoms with Crippen molar-refractivity contribution in [3.8, 4) is 0 Å². The van der Waals surface area contributed by atoms with Crippen molar-refractivity contribution in [2.45, 2.75) is 38.6 Å². The highest BCUT2D eigenvalue weighted by molar-refractivity contribution is 5.89. The summed E-state index contributed by atoms with van der Waals surface area (Å²) in [4.78, 5) is 28.3. The second-order valence-electron chi connectivity index (χ2n) is 7.22. The van der Waals surface area contributed by atoms with Crippen molar-refractivity contribution >= 4 is 17.6 Å². The lowest BCUT2D eigenvalue weighted by atomic mass is 9.87. The summed E-state index contributed by atoms with van der Waals surface area (Å²) in [6, 6.07) is 0.208. The molecule has 8 heteroatoms. The van der Waals surface area contributed by atoms with E-state index in [2.05, 4.69) is 32.7 Å². The van der Waals surface area contributed by atoms with Gasteiger partial charge in [0.2, 0.25) is 5.91 Å². The predicted molar refractivity (Wildman–Crippen MR) is 95.2 cm³/mol. The van der Waals surface area contributed by atoms with Gasteiger partial charge in [-0.1, -0.05) is 19.8 Å². The maximum Gasteiger partial charge on any atom is 0.322 e. The summed E-state index contributed by atoms with van der Waals surface area (Å²) >= 11 is 0. The topological polar surface area (TPSA) is 93.4 Å². The van der Waals surface area contributed by atoms with E-state index >= 15 is 0 Å². The zero-order valence-corrected chi connectivity index (χ0v) is 14.8. The highest BCUT2D eigenvalue weighted by Gasteiger charge is 2.24. The monoisotopic (exact) mass is 348 g/mol. The zero-order valence-electron chi connectivity index (χ0n) is 14.8. The van der Waals surface area contributed by atoms with Crippen LogP contribution in [0.4, 0.5) is 10.5 Å². The number of carbonyl (C=O) groups excluding carboxylic acids is 2. The molecule has 1 aliphatic carbocycles. The van der Waals surface area contributed by atoms with E-state index in [1.54, 1.807) is 17.3 Å². The summed E-state index contributed by atoms with van der Waals surface area (Å²) in [5.41, 5.74) is 0.661. The first-order chi connectivity index (χ1) is 12.1. The highest BCUT2D eigenvalue weighted by Crippen LogP contribution is 2.23. The maximum absolute atomic E-state index is 12.3. The third kappa shape index (κ3) is 5.19. The molecule has 0 aromatic carbocycles. The van der Waals surface area contributed by atoms with Crippen molar-refractivity contribution in [1.82, 2.24) is 25.3 Å². The average Bonchev–Trinajstić information content (AvgIpc) is 3.08. The maximum atomic E-state index is 12.3. The van der Waals surface area contributed by atoms with Crippen molar-refractivity contribution in [3.05, 3.63) is 12.4 Å². The van der Waals surface area contributed by atoms with Crippen LogP contribution in [0.25, 0.3) is 0 Å². The van der Waals surface area contributed by atoms with Gasteiger partial charge in [-0.05, 0) is 18.8 Å². The van der Waals surface area contributed by atoms with E-state index in [9.17, 15) is 9.59 Å². The van der Waals surface area contributed by atoms with Gasteiger partial charge in [-0.25, -0.2) is 4.79 Å². The number of aromatic nitrogens is 2. The molecule has 2 fully saturated rings. The number of amides is 3. The molecule has 3 N–H and O–H groups in total. The molecule has 25 heavy (non-hydrogen) atoms. The Morgan fingerprint density at radius 1 is 1.28 bits per heavy atom. The molecule has 3 rings (SSSR count). The van der Waals surface area contributed by atoms with Crippen LogP contribution in [0, 0.1) is 5.92 Å². The first-order valence-electron chi connectivity index (χ1n) is 9.16. The van der Waals surface area contributed by atoms with Crippen molar-refractivity contribution in [2.75, 3.05) is 38.0 Å².